The second-order valence-corrected chi connectivity index (χ2v) is 3.56. The van der Waals surface area contributed by atoms with Gasteiger partial charge in [-0.05, 0) is 23.3 Å². The number of carbonyl (C=O) groups is 1. The van der Waals surface area contributed by atoms with Gasteiger partial charge in [-0.25, -0.2) is 4.79 Å². The largest absolute Gasteiger partial charge is 0.478 e. The SMILES string of the molecule is CCCO.O=C(O)c1cccc2ccccc12. The van der Waals surface area contributed by atoms with Crippen LogP contribution in [0.1, 0.15) is 23.7 Å². The number of rotatable bonds is 2. The molecule has 0 aromatic heterocycles. The first kappa shape index (κ1) is 13.2. The fourth-order valence-electron chi connectivity index (χ4n) is 1.41. The monoisotopic (exact) mass is 232 g/mol. The van der Waals surface area contributed by atoms with Crippen molar-refractivity contribution in [3.63, 3.8) is 0 Å². The van der Waals surface area contributed by atoms with Crippen molar-refractivity contribution in [1.29, 1.82) is 0 Å². The molecule has 0 aliphatic heterocycles. The van der Waals surface area contributed by atoms with Crippen LogP contribution in [0.2, 0.25) is 0 Å². The van der Waals surface area contributed by atoms with E-state index in [1.807, 2.05) is 37.3 Å². The molecule has 2 aromatic rings. The molecule has 0 fully saturated rings. The van der Waals surface area contributed by atoms with Gasteiger partial charge in [0.2, 0.25) is 0 Å². The van der Waals surface area contributed by atoms with Crippen LogP contribution >= 0.6 is 0 Å². The zero-order valence-electron chi connectivity index (χ0n) is 9.76. The number of aliphatic hydroxyl groups excluding tert-OH is 1. The number of hydrogen-bond acceptors (Lipinski definition) is 2. The number of carboxylic acids is 1. The molecule has 0 amide bonds. The molecule has 0 spiro atoms. The maximum atomic E-state index is 10.8. The van der Waals surface area contributed by atoms with E-state index in [0.717, 1.165) is 17.2 Å². The maximum absolute atomic E-state index is 10.8. The highest BCUT2D eigenvalue weighted by atomic mass is 16.4. The molecule has 0 bridgehead atoms. The lowest BCUT2D eigenvalue weighted by Crippen LogP contribution is -1.96. The molecule has 3 nitrogen and oxygen atoms in total. The summed E-state index contributed by atoms with van der Waals surface area (Å²) in [4.78, 5) is 10.8. The fourth-order valence-corrected chi connectivity index (χ4v) is 1.41. The predicted octanol–water partition coefficient (Wildman–Crippen LogP) is 2.93. The zero-order chi connectivity index (χ0) is 12.7. The van der Waals surface area contributed by atoms with Gasteiger partial charge in [-0.2, -0.15) is 0 Å². The van der Waals surface area contributed by atoms with Crippen molar-refractivity contribution in [2.24, 2.45) is 0 Å². The van der Waals surface area contributed by atoms with Crippen molar-refractivity contribution < 1.29 is 15.0 Å². The van der Waals surface area contributed by atoms with E-state index < -0.39 is 5.97 Å². The van der Waals surface area contributed by atoms with E-state index in [1.165, 1.54) is 0 Å². The molecule has 0 aliphatic carbocycles. The molecule has 0 saturated carbocycles. The van der Waals surface area contributed by atoms with Crippen LogP contribution in [0.4, 0.5) is 0 Å². The van der Waals surface area contributed by atoms with Crippen LogP contribution in [-0.4, -0.2) is 22.8 Å². The maximum Gasteiger partial charge on any atom is 0.336 e. The van der Waals surface area contributed by atoms with E-state index in [2.05, 4.69) is 0 Å². The van der Waals surface area contributed by atoms with Gasteiger partial charge in [0.25, 0.3) is 0 Å². The van der Waals surface area contributed by atoms with Crippen LogP contribution < -0.4 is 0 Å². The average molecular weight is 232 g/mol. The Kier molecular flexibility index (Phi) is 5.17. The van der Waals surface area contributed by atoms with E-state index >= 15 is 0 Å². The number of benzene rings is 2. The molecule has 17 heavy (non-hydrogen) atoms. The summed E-state index contributed by atoms with van der Waals surface area (Å²) < 4.78 is 0. The smallest absolute Gasteiger partial charge is 0.336 e. The molecule has 0 aliphatic rings. The lowest BCUT2D eigenvalue weighted by Gasteiger charge is -2.00. The summed E-state index contributed by atoms with van der Waals surface area (Å²) in [6, 6.07) is 12.7. The van der Waals surface area contributed by atoms with Gasteiger partial charge in [-0.3, -0.25) is 0 Å². The molecular weight excluding hydrogens is 216 g/mol. The van der Waals surface area contributed by atoms with Crippen LogP contribution in [0.25, 0.3) is 10.8 Å². The van der Waals surface area contributed by atoms with Gasteiger partial charge in [0.05, 0.1) is 5.56 Å². The van der Waals surface area contributed by atoms with Gasteiger partial charge < -0.3 is 10.2 Å². The summed E-state index contributed by atoms with van der Waals surface area (Å²) in [5, 5.41) is 18.5. The van der Waals surface area contributed by atoms with Gasteiger partial charge in [-0.1, -0.05) is 43.3 Å². The van der Waals surface area contributed by atoms with Gasteiger partial charge >= 0.3 is 5.97 Å². The first-order valence-electron chi connectivity index (χ1n) is 5.52. The first-order valence-corrected chi connectivity index (χ1v) is 5.52. The van der Waals surface area contributed by atoms with Gasteiger partial charge in [0.1, 0.15) is 0 Å². The van der Waals surface area contributed by atoms with Gasteiger partial charge in [0.15, 0.2) is 0 Å². The minimum Gasteiger partial charge on any atom is -0.478 e. The number of aliphatic hydroxyl groups is 1. The summed E-state index contributed by atoms with van der Waals surface area (Å²) in [7, 11) is 0. The number of fused-ring (bicyclic) bond motifs is 1. The predicted molar refractivity (Wildman–Crippen MR) is 68.3 cm³/mol. The van der Waals surface area contributed by atoms with Crippen LogP contribution in [-0.2, 0) is 0 Å². The molecule has 2 N–H and O–H groups in total. The second-order valence-electron chi connectivity index (χ2n) is 3.56. The summed E-state index contributed by atoms with van der Waals surface area (Å²) in [5.41, 5.74) is 0.359. The van der Waals surface area contributed by atoms with Crippen molar-refractivity contribution >= 4 is 16.7 Å². The Morgan fingerprint density at radius 3 is 2.29 bits per heavy atom. The molecular formula is C14H16O3. The van der Waals surface area contributed by atoms with Gasteiger partial charge in [0, 0.05) is 6.61 Å². The first-order chi connectivity index (χ1) is 8.20. The Hall–Kier alpha value is -1.87. The summed E-state index contributed by atoms with van der Waals surface area (Å²) in [6.45, 7) is 2.25. The number of aromatic carboxylic acids is 1. The van der Waals surface area contributed by atoms with Crippen molar-refractivity contribution in [3.8, 4) is 0 Å². The molecule has 0 radical (unpaired) electrons. The van der Waals surface area contributed by atoms with E-state index in [1.54, 1.807) is 12.1 Å². The minimum atomic E-state index is -0.878. The van der Waals surface area contributed by atoms with Crippen LogP contribution in [0.15, 0.2) is 42.5 Å². The molecule has 0 unspecified atom stereocenters. The van der Waals surface area contributed by atoms with Crippen LogP contribution in [0.5, 0.6) is 0 Å². The van der Waals surface area contributed by atoms with Crippen molar-refractivity contribution in [1.82, 2.24) is 0 Å². The normalized spacial score (nSPS) is 9.53. The quantitative estimate of drug-likeness (QED) is 0.837. The minimum absolute atomic E-state index is 0.319. The fraction of sp³-hybridized carbons (Fsp3) is 0.214. The van der Waals surface area contributed by atoms with E-state index in [-0.39, 0.29) is 0 Å². The lowest BCUT2D eigenvalue weighted by molar-refractivity contribution is 0.0699. The molecule has 0 saturated heterocycles. The molecule has 2 aromatic carbocycles. The van der Waals surface area contributed by atoms with Gasteiger partial charge in [-0.15, -0.1) is 0 Å². The third-order valence-corrected chi connectivity index (χ3v) is 2.24. The second kappa shape index (κ2) is 6.66. The van der Waals surface area contributed by atoms with E-state index in [9.17, 15) is 4.79 Å². The summed E-state index contributed by atoms with van der Waals surface area (Å²) in [5.74, 6) is -0.878. The molecule has 0 heterocycles. The highest BCUT2D eigenvalue weighted by Crippen LogP contribution is 2.17. The van der Waals surface area contributed by atoms with E-state index in [4.69, 9.17) is 10.2 Å². The third-order valence-electron chi connectivity index (χ3n) is 2.24. The number of carboxylic acid groups (broad SMARTS) is 1. The Bertz CT molecular complexity index is 484. The Balaban J connectivity index is 0.000000317. The lowest BCUT2D eigenvalue weighted by atomic mass is 10.1. The zero-order valence-corrected chi connectivity index (χ0v) is 9.76. The standard InChI is InChI=1S/C11H8O2.C3H8O/c12-11(13)10-7-3-5-8-4-1-2-6-9(8)10;1-2-3-4/h1-7H,(H,12,13);4H,2-3H2,1H3. The average Bonchev–Trinajstić information content (AvgIpc) is 2.38. The summed E-state index contributed by atoms with van der Waals surface area (Å²) in [6.07, 6.45) is 0.875. The Labute approximate surface area is 100 Å². The Morgan fingerprint density at radius 1 is 1.12 bits per heavy atom. The van der Waals surface area contributed by atoms with Crippen LogP contribution in [0.3, 0.4) is 0 Å². The van der Waals surface area contributed by atoms with Crippen molar-refractivity contribution in [3.05, 3.63) is 48.0 Å². The highest BCUT2D eigenvalue weighted by Gasteiger charge is 2.05. The Morgan fingerprint density at radius 2 is 1.71 bits per heavy atom. The van der Waals surface area contributed by atoms with Crippen molar-refractivity contribution in [2.45, 2.75) is 13.3 Å². The third kappa shape index (κ3) is 3.57. The molecule has 90 valence electrons. The molecule has 2 rings (SSSR count). The number of hydrogen-bond donors (Lipinski definition) is 2. The topological polar surface area (TPSA) is 57.5 Å². The highest BCUT2D eigenvalue weighted by molar-refractivity contribution is 6.03. The van der Waals surface area contributed by atoms with E-state index in [0.29, 0.717) is 12.2 Å². The summed E-state index contributed by atoms with van der Waals surface area (Å²) >= 11 is 0. The molecule has 0 atom stereocenters. The van der Waals surface area contributed by atoms with Crippen LogP contribution in [0, 0.1) is 0 Å². The molecule has 3 heteroatoms. The van der Waals surface area contributed by atoms with Crippen molar-refractivity contribution in [2.75, 3.05) is 6.61 Å².